The van der Waals surface area contributed by atoms with Gasteiger partial charge in [0.1, 0.15) is 0 Å². The molecule has 17 heavy (non-hydrogen) atoms. The van der Waals surface area contributed by atoms with Gasteiger partial charge in [-0.15, -0.1) is 0 Å². The van der Waals surface area contributed by atoms with Crippen LogP contribution in [0.5, 0.6) is 5.95 Å². The summed E-state index contributed by atoms with van der Waals surface area (Å²) in [6, 6.07) is 9.25. The largest absolute Gasteiger partial charge is 0.539 e. The number of hydrogen-bond acceptors (Lipinski definition) is 5. The van der Waals surface area contributed by atoms with Gasteiger partial charge in [0.2, 0.25) is 5.69 Å². The molecule has 0 aliphatic heterocycles. The summed E-state index contributed by atoms with van der Waals surface area (Å²) in [5.74, 6) is -0.473. The van der Waals surface area contributed by atoms with Crippen LogP contribution in [0.2, 0.25) is 0 Å². The molecular weight excluding hydrogens is 222 g/mol. The van der Waals surface area contributed by atoms with Gasteiger partial charge >= 0.3 is 0 Å². The number of nitrogens with zero attached hydrogens (tertiary/aromatic N) is 2. The molecule has 0 aliphatic rings. The first kappa shape index (κ1) is 11.6. The van der Waals surface area contributed by atoms with Gasteiger partial charge < -0.3 is 20.1 Å². The molecule has 2 aromatic rings. The van der Waals surface area contributed by atoms with Crippen LogP contribution in [0, 0.1) is 0 Å². The standard InChI is InChI=1S/C11H13N3O3/c15-7-6-12-8-10-11(16)17-13-14(10)9-4-2-1-3-5-9/h1-5,12,15H,6-8H2. The summed E-state index contributed by atoms with van der Waals surface area (Å²) < 4.78 is 6.09. The molecule has 6 nitrogen and oxygen atoms in total. The Balaban J connectivity index is 2.23. The SMILES string of the molecule is [O-]c1on[n+](-c2ccccc2)c1CNCCO. The lowest BCUT2D eigenvalue weighted by atomic mass is 10.3. The van der Waals surface area contributed by atoms with Crippen molar-refractivity contribution in [1.82, 2.24) is 10.6 Å². The molecule has 2 rings (SSSR count). The highest BCUT2D eigenvalue weighted by Gasteiger charge is 2.19. The van der Waals surface area contributed by atoms with E-state index >= 15 is 0 Å². The smallest absolute Gasteiger partial charge is 0.253 e. The van der Waals surface area contributed by atoms with Crippen molar-refractivity contribution in [3.05, 3.63) is 36.0 Å². The number of benzene rings is 1. The molecule has 0 spiro atoms. The lowest BCUT2D eigenvalue weighted by Gasteiger charge is -1.99. The van der Waals surface area contributed by atoms with Crippen molar-refractivity contribution in [1.29, 1.82) is 0 Å². The number of aromatic nitrogens is 2. The van der Waals surface area contributed by atoms with Crippen LogP contribution >= 0.6 is 0 Å². The van der Waals surface area contributed by atoms with Crippen LogP contribution in [0.15, 0.2) is 34.9 Å². The fraction of sp³-hybridized carbons (Fsp3) is 0.273. The molecule has 2 N–H and O–H groups in total. The van der Waals surface area contributed by atoms with Crippen LogP contribution in [-0.4, -0.2) is 23.5 Å². The quantitative estimate of drug-likeness (QED) is 0.518. The molecule has 0 amide bonds. The Morgan fingerprint density at radius 1 is 1.35 bits per heavy atom. The van der Waals surface area contributed by atoms with E-state index in [9.17, 15) is 5.11 Å². The van der Waals surface area contributed by atoms with Crippen LogP contribution in [-0.2, 0) is 6.54 Å². The fourth-order valence-corrected chi connectivity index (χ4v) is 1.47. The maximum Gasteiger partial charge on any atom is 0.253 e. The summed E-state index contributed by atoms with van der Waals surface area (Å²) in [5.41, 5.74) is 1.17. The Morgan fingerprint density at radius 3 is 2.82 bits per heavy atom. The van der Waals surface area contributed by atoms with E-state index in [0.29, 0.717) is 18.8 Å². The molecule has 1 aromatic carbocycles. The lowest BCUT2D eigenvalue weighted by Crippen LogP contribution is -2.39. The minimum Gasteiger partial charge on any atom is -0.539 e. The van der Waals surface area contributed by atoms with Gasteiger partial charge in [0.25, 0.3) is 5.69 Å². The molecule has 6 heteroatoms. The van der Waals surface area contributed by atoms with E-state index in [4.69, 9.17) is 5.11 Å². The van der Waals surface area contributed by atoms with E-state index in [-0.39, 0.29) is 6.61 Å². The normalized spacial score (nSPS) is 10.6. The predicted molar refractivity (Wildman–Crippen MR) is 56.3 cm³/mol. The Morgan fingerprint density at radius 2 is 2.12 bits per heavy atom. The zero-order chi connectivity index (χ0) is 12.1. The molecular formula is C11H13N3O3. The molecule has 0 radical (unpaired) electrons. The van der Waals surface area contributed by atoms with Crippen LogP contribution in [0.25, 0.3) is 5.69 Å². The highest BCUT2D eigenvalue weighted by Crippen LogP contribution is 2.09. The van der Waals surface area contributed by atoms with Crippen molar-refractivity contribution in [3.8, 4) is 11.6 Å². The van der Waals surface area contributed by atoms with Crippen molar-refractivity contribution in [3.63, 3.8) is 0 Å². The number of rotatable bonds is 5. The van der Waals surface area contributed by atoms with Crippen LogP contribution in [0.1, 0.15) is 5.69 Å². The van der Waals surface area contributed by atoms with Gasteiger partial charge in [0.15, 0.2) is 5.95 Å². The first-order chi connectivity index (χ1) is 8.33. The van der Waals surface area contributed by atoms with Gasteiger partial charge in [0, 0.05) is 18.7 Å². The number of aliphatic hydroxyl groups excluding tert-OH is 1. The van der Waals surface area contributed by atoms with Gasteiger partial charge in [-0.05, 0) is 4.68 Å². The number of aliphatic hydroxyl groups is 1. The molecule has 1 heterocycles. The van der Waals surface area contributed by atoms with Gasteiger partial charge in [-0.1, -0.05) is 18.2 Å². The predicted octanol–water partition coefficient (Wildman–Crippen LogP) is -0.893. The van der Waals surface area contributed by atoms with E-state index in [1.165, 1.54) is 4.68 Å². The second kappa shape index (κ2) is 5.42. The van der Waals surface area contributed by atoms with E-state index in [0.717, 1.165) is 5.69 Å². The van der Waals surface area contributed by atoms with Gasteiger partial charge in [0.05, 0.1) is 18.4 Å². The summed E-state index contributed by atoms with van der Waals surface area (Å²) in [5, 5.41) is 26.7. The third-order valence-electron chi connectivity index (χ3n) is 2.28. The Bertz CT molecular complexity index is 470. The molecule has 0 unspecified atom stereocenters. The van der Waals surface area contributed by atoms with Crippen molar-refractivity contribution in [2.45, 2.75) is 6.54 Å². The molecule has 0 atom stereocenters. The third-order valence-corrected chi connectivity index (χ3v) is 2.28. The molecule has 0 aliphatic carbocycles. The Kier molecular flexibility index (Phi) is 3.69. The molecule has 0 fully saturated rings. The second-order valence-electron chi connectivity index (χ2n) is 3.45. The Hall–Kier alpha value is -1.92. The van der Waals surface area contributed by atoms with E-state index in [2.05, 4.69) is 15.1 Å². The highest BCUT2D eigenvalue weighted by molar-refractivity contribution is 5.22. The van der Waals surface area contributed by atoms with Gasteiger partial charge in [-0.2, -0.15) is 0 Å². The molecule has 1 aromatic heterocycles. The minimum absolute atomic E-state index is 0.0187. The molecule has 90 valence electrons. The van der Waals surface area contributed by atoms with E-state index < -0.39 is 5.95 Å². The van der Waals surface area contributed by atoms with Crippen LogP contribution in [0.3, 0.4) is 0 Å². The summed E-state index contributed by atoms with van der Waals surface area (Å²) in [6.07, 6.45) is 0. The van der Waals surface area contributed by atoms with E-state index in [1.54, 1.807) is 0 Å². The molecule has 0 bridgehead atoms. The summed E-state index contributed by atoms with van der Waals surface area (Å²) in [4.78, 5) is 0. The Labute approximate surface area is 98.1 Å². The van der Waals surface area contributed by atoms with Crippen LogP contribution < -0.4 is 15.1 Å². The van der Waals surface area contributed by atoms with Crippen molar-refractivity contribution in [2.75, 3.05) is 13.2 Å². The maximum atomic E-state index is 11.5. The number of hydrogen-bond donors (Lipinski definition) is 2. The summed E-state index contributed by atoms with van der Waals surface area (Å²) >= 11 is 0. The number of para-hydroxylation sites is 1. The lowest BCUT2D eigenvalue weighted by molar-refractivity contribution is -0.677. The van der Waals surface area contributed by atoms with Crippen molar-refractivity contribution in [2.24, 2.45) is 0 Å². The van der Waals surface area contributed by atoms with Crippen molar-refractivity contribution < 1.29 is 19.4 Å². The van der Waals surface area contributed by atoms with Crippen molar-refractivity contribution >= 4 is 0 Å². The first-order valence-electron chi connectivity index (χ1n) is 5.28. The fourth-order valence-electron chi connectivity index (χ4n) is 1.47. The third kappa shape index (κ3) is 2.61. The monoisotopic (exact) mass is 235 g/mol. The average molecular weight is 235 g/mol. The summed E-state index contributed by atoms with van der Waals surface area (Å²) in [7, 11) is 0. The summed E-state index contributed by atoms with van der Waals surface area (Å²) in [6.45, 7) is 0.738. The number of nitrogens with one attached hydrogen (secondary N) is 1. The topological polar surface area (TPSA) is 85.2 Å². The van der Waals surface area contributed by atoms with Gasteiger partial charge in [-0.25, -0.2) is 0 Å². The zero-order valence-corrected chi connectivity index (χ0v) is 9.17. The second-order valence-corrected chi connectivity index (χ2v) is 3.45. The first-order valence-corrected chi connectivity index (χ1v) is 5.28. The van der Waals surface area contributed by atoms with E-state index in [1.807, 2.05) is 30.3 Å². The van der Waals surface area contributed by atoms with Crippen LogP contribution in [0.4, 0.5) is 0 Å². The maximum absolute atomic E-state index is 11.5. The highest BCUT2D eigenvalue weighted by atomic mass is 16.6. The zero-order valence-electron chi connectivity index (χ0n) is 9.17. The molecule has 0 saturated heterocycles. The van der Waals surface area contributed by atoms with Gasteiger partial charge in [-0.3, -0.25) is 0 Å². The average Bonchev–Trinajstić information content (AvgIpc) is 2.73. The minimum atomic E-state index is -0.473. The molecule has 0 saturated carbocycles.